The van der Waals surface area contributed by atoms with Crippen molar-refractivity contribution < 1.29 is 23.9 Å². The molecule has 2 N–H and O–H groups in total. The smallest absolute Gasteiger partial charge is 0.331 e. The van der Waals surface area contributed by atoms with Gasteiger partial charge in [0.05, 0.1) is 5.69 Å². The monoisotopic (exact) mass is 294 g/mol. The second kappa shape index (κ2) is 6.65. The van der Waals surface area contributed by atoms with Crippen LogP contribution in [0.1, 0.15) is 13.8 Å². The molecule has 0 radical (unpaired) electrons. The molecule has 1 aromatic rings. The maximum Gasteiger partial charge on any atom is 0.331 e. The molecule has 0 saturated carbocycles. The van der Waals surface area contributed by atoms with Crippen LogP contribution in [0.5, 0.6) is 0 Å². The van der Waals surface area contributed by atoms with Gasteiger partial charge in [0, 0.05) is 18.2 Å². The zero-order chi connectivity index (χ0) is 16.2. The molecule has 0 unspecified atom stereocenters. The van der Waals surface area contributed by atoms with Crippen molar-refractivity contribution in [1.29, 1.82) is 0 Å². The molecule has 0 fully saturated rings. The zero-order valence-electron chi connectivity index (χ0n) is 11.8. The Hall–Kier alpha value is -2.70. The number of hydrogen-bond donors (Lipinski definition) is 2. The van der Waals surface area contributed by atoms with Crippen molar-refractivity contribution in [3.05, 3.63) is 41.2 Å². The highest BCUT2D eigenvalue weighted by Gasteiger charge is 2.19. The van der Waals surface area contributed by atoms with E-state index in [4.69, 9.17) is 5.11 Å². The fourth-order valence-corrected chi connectivity index (χ4v) is 1.44. The molecule has 0 bridgehead atoms. The number of carbonyl (C=O) groups is 3. The van der Waals surface area contributed by atoms with E-state index in [1.807, 2.05) is 5.32 Å². The lowest BCUT2D eigenvalue weighted by Crippen LogP contribution is -2.41. The topological polar surface area (TPSA) is 86.7 Å². The van der Waals surface area contributed by atoms with E-state index in [9.17, 15) is 18.8 Å². The molecule has 0 aliphatic heterocycles. The third-order valence-corrected chi connectivity index (χ3v) is 2.96. The summed E-state index contributed by atoms with van der Waals surface area (Å²) in [5.41, 5.74) is -0.272. The zero-order valence-corrected chi connectivity index (χ0v) is 11.8. The fraction of sp³-hybridized carbons (Fsp3) is 0.214. The molecule has 6 nitrogen and oxygen atoms in total. The van der Waals surface area contributed by atoms with E-state index < -0.39 is 23.7 Å². The number of para-hydroxylation sites is 1. The van der Waals surface area contributed by atoms with E-state index in [1.165, 1.54) is 39.1 Å². The van der Waals surface area contributed by atoms with Crippen molar-refractivity contribution >= 4 is 23.6 Å². The molecule has 0 saturated heterocycles. The first kappa shape index (κ1) is 16.4. The van der Waals surface area contributed by atoms with Gasteiger partial charge in [-0.1, -0.05) is 12.1 Å². The van der Waals surface area contributed by atoms with Gasteiger partial charge in [0.1, 0.15) is 5.82 Å². The van der Waals surface area contributed by atoms with E-state index in [0.717, 1.165) is 4.90 Å². The molecule has 0 spiro atoms. The number of urea groups is 1. The van der Waals surface area contributed by atoms with Crippen molar-refractivity contribution in [2.24, 2.45) is 0 Å². The molecule has 1 aromatic carbocycles. The fourth-order valence-electron chi connectivity index (χ4n) is 1.44. The van der Waals surface area contributed by atoms with Crippen molar-refractivity contribution in [2.45, 2.75) is 13.8 Å². The summed E-state index contributed by atoms with van der Waals surface area (Å²) in [4.78, 5) is 35.3. The second-order valence-electron chi connectivity index (χ2n) is 4.32. The van der Waals surface area contributed by atoms with Crippen LogP contribution in [0, 0.1) is 5.82 Å². The average molecular weight is 294 g/mol. The van der Waals surface area contributed by atoms with Crippen LogP contribution in [0.4, 0.5) is 14.9 Å². The highest BCUT2D eigenvalue weighted by molar-refractivity contribution is 6.10. The highest BCUT2D eigenvalue weighted by atomic mass is 19.1. The largest absolute Gasteiger partial charge is 0.478 e. The van der Waals surface area contributed by atoms with Gasteiger partial charge in [0.15, 0.2) is 0 Å². The van der Waals surface area contributed by atoms with Crippen LogP contribution in [0.25, 0.3) is 0 Å². The number of nitrogens with zero attached hydrogens (tertiary/aromatic N) is 1. The van der Waals surface area contributed by atoms with Crippen LogP contribution in [0.2, 0.25) is 0 Å². The van der Waals surface area contributed by atoms with Gasteiger partial charge in [0.2, 0.25) is 0 Å². The third kappa shape index (κ3) is 3.88. The Bertz CT molecular complexity index is 625. The first-order valence-corrected chi connectivity index (χ1v) is 6.00. The van der Waals surface area contributed by atoms with E-state index in [-0.39, 0.29) is 16.8 Å². The number of rotatable bonds is 3. The Morgan fingerprint density at radius 3 is 2.24 bits per heavy atom. The molecule has 0 aliphatic carbocycles. The summed E-state index contributed by atoms with van der Waals surface area (Å²) in [5.74, 6) is -2.71. The maximum atomic E-state index is 13.5. The third-order valence-electron chi connectivity index (χ3n) is 2.96. The molecule has 0 atom stereocenters. The quantitative estimate of drug-likeness (QED) is 0.834. The predicted octanol–water partition coefficient (Wildman–Crippen LogP) is 1.92. The van der Waals surface area contributed by atoms with Gasteiger partial charge in [-0.05, 0) is 26.0 Å². The average Bonchev–Trinajstić information content (AvgIpc) is 2.45. The number of hydrogen-bond acceptors (Lipinski definition) is 3. The number of carbonyl (C=O) groups excluding carboxylic acids is 2. The number of carboxylic acids is 1. The molecule has 21 heavy (non-hydrogen) atoms. The lowest BCUT2D eigenvalue weighted by atomic mass is 10.1. The summed E-state index contributed by atoms with van der Waals surface area (Å²) in [7, 11) is 1.30. The Kier molecular flexibility index (Phi) is 5.18. The normalized spacial score (nSPS) is 11.4. The Labute approximate surface area is 120 Å². The lowest BCUT2D eigenvalue weighted by molar-refractivity contribution is -0.133. The standard InChI is InChI=1S/C14H15FN2O4/c1-8(9(2)13(19)20)12(18)16-14(21)17(3)11-7-5-4-6-10(11)15/h4-7H,1-3H3,(H,19,20)(H,16,18,21). The number of halogens is 1. The van der Waals surface area contributed by atoms with Gasteiger partial charge in [-0.3, -0.25) is 15.0 Å². The van der Waals surface area contributed by atoms with Crippen LogP contribution >= 0.6 is 0 Å². The number of amides is 3. The van der Waals surface area contributed by atoms with Crippen LogP contribution < -0.4 is 10.2 Å². The lowest BCUT2D eigenvalue weighted by Gasteiger charge is -2.18. The number of anilines is 1. The molecule has 3 amide bonds. The Balaban J connectivity index is 2.87. The highest BCUT2D eigenvalue weighted by Crippen LogP contribution is 2.17. The van der Waals surface area contributed by atoms with Gasteiger partial charge < -0.3 is 5.11 Å². The van der Waals surface area contributed by atoms with Crippen LogP contribution in [0.15, 0.2) is 35.4 Å². The van der Waals surface area contributed by atoms with Gasteiger partial charge in [-0.2, -0.15) is 0 Å². The van der Waals surface area contributed by atoms with Crippen molar-refractivity contribution in [3.8, 4) is 0 Å². The minimum Gasteiger partial charge on any atom is -0.478 e. The van der Waals surface area contributed by atoms with E-state index in [0.29, 0.717) is 0 Å². The number of imide groups is 1. The van der Waals surface area contributed by atoms with Crippen molar-refractivity contribution in [3.63, 3.8) is 0 Å². The van der Waals surface area contributed by atoms with Gasteiger partial charge in [0.25, 0.3) is 5.91 Å². The molecule has 0 aromatic heterocycles. The predicted molar refractivity (Wildman–Crippen MR) is 74.4 cm³/mol. The van der Waals surface area contributed by atoms with Gasteiger partial charge in [-0.25, -0.2) is 14.0 Å². The first-order valence-electron chi connectivity index (χ1n) is 6.00. The molecule has 7 heteroatoms. The Morgan fingerprint density at radius 2 is 1.71 bits per heavy atom. The van der Waals surface area contributed by atoms with Crippen molar-refractivity contribution in [2.75, 3.05) is 11.9 Å². The number of benzene rings is 1. The van der Waals surface area contributed by atoms with E-state index >= 15 is 0 Å². The molecule has 0 aliphatic rings. The molecule has 112 valence electrons. The molecule has 1 rings (SSSR count). The van der Waals surface area contributed by atoms with E-state index in [1.54, 1.807) is 6.07 Å². The molecular weight excluding hydrogens is 279 g/mol. The SMILES string of the molecule is CC(C(=O)O)=C(C)C(=O)NC(=O)N(C)c1ccccc1F. The summed E-state index contributed by atoms with van der Waals surface area (Å²) in [6, 6.07) is 4.72. The number of aliphatic carboxylic acids is 1. The summed E-state index contributed by atoms with van der Waals surface area (Å²) in [6.07, 6.45) is 0. The summed E-state index contributed by atoms with van der Waals surface area (Å²) >= 11 is 0. The minimum atomic E-state index is -1.25. The number of nitrogens with one attached hydrogen (secondary N) is 1. The number of carboxylic acid groups (broad SMARTS) is 1. The maximum absolute atomic E-state index is 13.5. The van der Waals surface area contributed by atoms with Gasteiger partial charge in [-0.15, -0.1) is 0 Å². The Morgan fingerprint density at radius 1 is 1.14 bits per heavy atom. The van der Waals surface area contributed by atoms with Crippen molar-refractivity contribution in [1.82, 2.24) is 5.32 Å². The summed E-state index contributed by atoms with van der Waals surface area (Å²) < 4.78 is 13.5. The second-order valence-corrected chi connectivity index (χ2v) is 4.32. The summed E-state index contributed by atoms with van der Waals surface area (Å²) in [6.45, 7) is 2.54. The van der Waals surface area contributed by atoms with E-state index in [2.05, 4.69) is 0 Å². The molecule has 0 heterocycles. The summed E-state index contributed by atoms with van der Waals surface area (Å²) in [5, 5.41) is 10.8. The minimum absolute atomic E-state index is 0.000566. The van der Waals surface area contributed by atoms with Crippen LogP contribution in [-0.4, -0.2) is 30.1 Å². The van der Waals surface area contributed by atoms with Gasteiger partial charge >= 0.3 is 12.0 Å². The van der Waals surface area contributed by atoms with Crippen LogP contribution in [-0.2, 0) is 9.59 Å². The first-order chi connectivity index (χ1) is 9.75. The molecular formula is C14H15FN2O4. The van der Waals surface area contributed by atoms with Crippen LogP contribution in [0.3, 0.4) is 0 Å².